The summed E-state index contributed by atoms with van der Waals surface area (Å²) in [6.45, 7) is 0.737. The standard InChI is InChI=1S/C16H16N2O2/c1-19-14-6-3-12(4-7-14)10-18-11-13-5-8-15(20-2)9-16(13)17-18/h3-9,11H,10H2,1-2H3. The average Bonchev–Trinajstić information content (AvgIpc) is 2.89. The van der Waals surface area contributed by atoms with Crippen molar-refractivity contribution in [3.8, 4) is 11.5 Å². The second-order valence-corrected chi connectivity index (χ2v) is 4.60. The predicted molar refractivity (Wildman–Crippen MR) is 78.4 cm³/mol. The highest BCUT2D eigenvalue weighted by Gasteiger charge is 2.03. The molecule has 1 heterocycles. The first-order valence-electron chi connectivity index (χ1n) is 6.42. The summed E-state index contributed by atoms with van der Waals surface area (Å²) < 4.78 is 12.3. The van der Waals surface area contributed by atoms with Gasteiger partial charge in [-0.1, -0.05) is 12.1 Å². The van der Waals surface area contributed by atoms with Crippen LogP contribution in [0, 0.1) is 0 Å². The third kappa shape index (κ3) is 2.45. The fourth-order valence-electron chi connectivity index (χ4n) is 2.17. The molecule has 0 aliphatic rings. The molecule has 0 aliphatic heterocycles. The highest BCUT2D eigenvalue weighted by atomic mass is 16.5. The molecule has 0 saturated carbocycles. The number of aromatic nitrogens is 2. The molecule has 3 rings (SSSR count). The Labute approximate surface area is 117 Å². The Balaban J connectivity index is 1.86. The van der Waals surface area contributed by atoms with Crippen molar-refractivity contribution in [3.63, 3.8) is 0 Å². The average molecular weight is 268 g/mol. The maximum atomic E-state index is 5.21. The third-order valence-electron chi connectivity index (χ3n) is 3.27. The van der Waals surface area contributed by atoms with Crippen LogP contribution in [0.2, 0.25) is 0 Å². The molecule has 2 aromatic carbocycles. The summed E-state index contributed by atoms with van der Waals surface area (Å²) in [7, 11) is 3.33. The summed E-state index contributed by atoms with van der Waals surface area (Å²) in [5.74, 6) is 1.69. The van der Waals surface area contributed by atoms with Gasteiger partial charge in [-0.2, -0.15) is 5.10 Å². The van der Waals surface area contributed by atoms with E-state index in [9.17, 15) is 0 Å². The van der Waals surface area contributed by atoms with Gasteiger partial charge >= 0.3 is 0 Å². The van der Waals surface area contributed by atoms with E-state index >= 15 is 0 Å². The highest BCUT2D eigenvalue weighted by Crippen LogP contribution is 2.20. The van der Waals surface area contributed by atoms with Gasteiger partial charge in [0, 0.05) is 17.6 Å². The van der Waals surface area contributed by atoms with Crippen molar-refractivity contribution in [1.82, 2.24) is 9.78 Å². The molecule has 0 saturated heterocycles. The number of hydrogen-bond acceptors (Lipinski definition) is 3. The second-order valence-electron chi connectivity index (χ2n) is 4.60. The van der Waals surface area contributed by atoms with E-state index in [0.717, 1.165) is 28.9 Å². The molecular weight excluding hydrogens is 252 g/mol. The van der Waals surface area contributed by atoms with Gasteiger partial charge in [0.15, 0.2) is 0 Å². The van der Waals surface area contributed by atoms with Gasteiger partial charge in [-0.25, -0.2) is 0 Å². The highest BCUT2D eigenvalue weighted by molar-refractivity contribution is 5.79. The van der Waals surface area contributed by atoms with E-state index < -0.39 is 0 Å². The minimum absolute atomic E-state index is 0.737. The number of fused-ring (bicyclic) bond motifs is 1. The maximum absolute atomic E-state index is 5.21. The first kappa shape index (κ1) is 12.5. The van der Waals surface area contributed by atoms with Crippen LogP contribution in [-0.2, 0) is 6.54 Å². The molecule has 4 nitrogen and oxygen atoms in total. The SMILES string of the molecule is COc1ccc(Cn2cc3ccc(OC)cc3n2)cc1. The van der Waals surface area contributed by atoms with Crippen molar-refractivity contribution >= 4 is 10.9 Å². The Morgan fingerprint density at radius 2 is 1.65 bits per heavy atom. The van der Waals surface area contributed by atoms with Crippen LogP contribution < -0.4 is 9.47 Å². The molecule has 1 aromatic heterocycles. The maximum Gasteiger partial charge on any atom is 0.121 e. The van der Waals surface area contributed by atoms with Crippen LogP contribution in [0.15, 0.2) is 48.7 Å². The molecule has 4 heteroatoms. The zero-order valence-corrected chi connectivity index (χ0v) is 11.5. The Bertz CT molecular complexity index is 717. The Morgan fingerprint density at radius 3 is 2.35 bits per heavy atom. The third-order valence-corrected chi connectivity index (χ3v) is 3.27. The first-order chi connectivity index (χ1) is 9.78. The van der Waals surface area contributed by atoms with Crippen LogP contribution in [0.1, 0.15) is 5.56 Å². The van der Waals surface area contributed by atoms with Crippen molar-refractivity contribution in [2.45, 2.75) is 6.54 Å². The molecule has 0 atom stereocenters. The lowest BCUT2D eigenvalue weighted by Crippen LogP contribution is -1.99. The molecule has 0 aliphatic carbocycles. The summed E-state index contributed by atoms with van der Waals surface area (Å²) in [5, 5.41) is 5.68. The van der Waals surface area contributed by atoms with Gasteiger partial charge in [0.2, 0.25) is 0 Å². The molecule has 0 bridgehead atoms. The fraction of sp³-hybridized carbons (Fsp3) is 0.188. The largest absolute Gasteiger partial charge is 0.497 e. The first-order valence-corrected chi connectivity index (χ1v) is 6.42. The molecular formula is C16H16N2O2. The van der Waals surface area contributed by atoms with Gasteiger partial charge in [-0.05, 0) is 29.8 Å². The van der Waals surface area contributed by atoms with E-state index in [-0.39, 0.29) is 0 Å². The van der Waals surface area contributed by atoms with Crippen LogP contribution in [0.5, 0.6) is 11.5 Å². The lowest BCUT2D eigenvalue weighted by Gasteiger charge is -2.03. The summed E-state index contributed by atoms with van der Waals surface area (Å²) >= 11 is 0. The van der Waals surface area contributed by atoms with Crippen molar-refractivity contribution < 1.29 is 9.47 Å². The molecule has 0 amide bonds. The van der Waals surface area contributed by atoms with Crippen LogP contribution in [0.3, 0.4) is 0 Å². The van der Waals surface area contributed by atoms with Crippen LogP contribution >= 0.6 is 0 Å². The number of hydrogen-bond donors (Lipinski definition) is 0. The molecule has 0 unspecified atom stereocenters. The van der Waals surface area contributed by atoms with Crippen LogP contribution in [-0.4, -0.2) is 24.0 Å². The molecule has 102 valence electrons. The van der Waals surface area contributed by atoms with E-state index in [2.05, 4.69) is 5.10 Å². The number of benzene rings is 2. The van der Waals surface area contributed by atoms with E-state index in [1.807, 2.05) is 53.3 Å². The normalized spacial score (nSPS) is 10.7. The summed E-state index contributed by atoms with van der Waals surface area (Å²) in [6.07, 6.45) is 2.04. The summed E-state index contributed by atoms with van der Waals surface area (Å²) in [6, 6.07) is 13.9. The summed E-state index contributed by atoms with van der Waals surface area (Å²) in [4.78, 5) is 0. The van der Waals surface area contributed by atoms with E-state index in [1.165, 1.54) is 5.56 Å². The van der Waals surface area contributed by atoms with Crippen molar-refractivity contribution in [2.75, 3.05) is 14.2 Å². The van der Waals surface area contributed by atoms with Gasteiger partial charge in [0.25, 0.3) is 0 Å². The minimum Gasteiger partial charge on any atom is -0.497 e. The lowest BCUT2D eigenvalue weighted by atomic mass is 10.2. The Hall–Kier alpha value is -2.49. The van der Waals surface area contributed by atoms with Gasteiger partial charge in [0.05, 0.1) is 26.3 Å². The quantitative estimate of drug-likeness (QED) is 0.729. The smallest absolute Gasteiger partial charge is 0.121 e. The van der Waals surface area contributed by atoms with Gasteiger partial charge in [-0.15, -0.1) is 0 Å². The van der Waals surface area contributed by atoms with Crippen LogP contribution in [0.4, 0.5) is 0 Å². The Morgan fingerprint density at radius 1 is 0.950 bits per heavy atom. The zero-order valence-electron chi connectivity index (χ0n) is 11.5. The van der Waals surface area contributed by atoms with Crippen LogP contribution in [0.25, 0.3) is 10.9 Å². The zero-order chi connectivity index (χ0) is 13.9. The van der Waals surface area contributed by atoms with Crippen molar-refractivity contribution in [1.29, 1.82) is 0 Å². The number of ether oxygens (including phenoxy) is 2. The van der Waals surface area contributed by atoms with E-state index in [0.29, 0.717) is 0 Å². The minimum atomic E-state index is 0.737. The molecule has 0 N–H and O–H groups in total. The number of nitrogens with zero attached hydrogens (tertiary/aromatic N) is 2. The van der Waals surface area contributed by atoms with E-state index in [4.69, 9.17) is 9.47 Å². The number of rotatable bonds is 4. The fourth-order valence-corrected chi connectivity index (χ4v) is 2.17. The lowest BCUT2D eigenvalue weighted by molar-refractivity contribution is 0.414. The molecule has 3 aromatic rings. The van der Waals surface area contributed by atoms with Gasteiger partial charge in [0.1, 0.15) is 11.5 Å². The molecule has 20 heavy (non-hydrogen) atoms. The van der Waals surface area contributed by atoms with Crippen molar-refractivity contribution in [3.05, 3.63) is 54.2 Å². The molecule has 0 spiro atoms. The van der Waals surface area contributed by atoms with Gasteiger partial charge < -0.3 is 9.47 Å². The topological polar surface area (TPSA) is 36.3 Å². The monoisotopic (exact) mass is 268 g/mol. The van der Waals surface area contributed by atoms with E-state index in [1.54, 1.807) is 14.2 Å². The van der Waals surface area contributed by atoms with Crippen molar-refractivity contribution in [2.24, 2.45) is 0 Å². The number of methoxy groups -OCH3 is 2. The molecule has 0 radical (unpaired) electrons. The van der Waals surface area contributed by atoms with Gasteiger partial charge in [-0.3, -0.25) is 4.68 Å². The Kier molecular flexibility index (Phi) is 3.29. The molecule has 0 fully saturated rings. The second kappa shape index (κ2) is 5.25. The summed E-state index contributed by atoms with van der Waals surface area (Å²) in [5.41, 5.74) is 2.13. The predicted octanol–water partition coefficient (Wildman–Crippen LogP) is 3.10.